The quantitative estimate of drug-likeness (QED) is 0.871. The Labute approximate surface area is 101 Å². The second-order valence-electron chi connectivity index (χ2n) is 4.18. The fraction of sp³-hybridized carbons (Fsp3) is 0.417. The second kappa shape index (κ2) is 4.63. The minimum absolute atomic E-state index is 0.116. The third-order valence-electron chi connectivity index (χ3n) is 3.12. The van der Waals surface area contributed by atoms with E-state index in [0.29, 0.717) is 0 Å². The topological polar surface area (TPSA) is 55.6 Å². The lowest BCUT2D eigenvalue weighted by atomic mass is 10.1. The van der Waals surface area contributed by atoms with E-state index in [1.54, 1.807) is 4.68 Å². The van der Waals surface area contributed by atoms with Crippen molar-refractivity contribution in [2.45, 2.75) is 26.8 Å². The Hall–Kier alpha value is -1.75. The number of nitrogens with zero attached hydrogens (tertiary/aromatic N) is 4. The molecule has 0 aliphatic carbocycles. The zero-order chi connectivity index (χ0) is 12.4. The Bertz CT molecular complexity index is 517. The molecule has 0 aliphatic rings. The van der Waals surface area contributed by atoms with Gasteiger partial charge in [0.15, 0.2) is 5.82 Å². The largest absolute Gasteiger partial charge is 0.311 e. The Balaban J connectivity index is 2.54. The molecule has 2 rings (SSSR count). The van der Waals surface area contributed by atoms with Crippen LogP contribution in [0.15, 0.2) is 18.2 Å². The molecule has 1 heterocycles. The van der Waals surface area contributed by atoms with Crippen LogP contribution in [0.1, 0.15) is 29.9 Å². The summed E-state index contributed by atoms with van der Waals surface area (Å²) < 4.78 is 1.80. The van der Waals surface area contributed by atoms with E-state index < -0.39 is 0 Å². The van der Waals surface area contributed by atoms with Crippen LogP contribution in [-0.2, 0) is 0 Å². The fourth-order valence-corrected chi connectivity index (χ4v) is 1.73. The molecule has 5 heteroatoms. The van der Waals surface area contributed by atoms with Gasteiger partial charge in [-0.15, -0.1) is 5.10 Å². The van der Waals surface area contributed by atoms with Crippen molar-refractivity contribution in [1.29, 1.82) is 0 Å². The Kier molecular flexibility index (Phi) is 3.19. The summed E-state index contributed by atoms with van der Waals surface area (Å²) in [5.74, 6) is 0.821. The third kappa shape index (κ3) is 2.06. The highest BCUT2D eigenvalue weighted by atomic mass is 15.5. The van der Waals surface area contributed by atoms with Crippen molar-refractivity contribution < 1.29 is 0 Å². The molecule has 1 aromatic carbocycles. The molecule has 1 N–H and O–H groups in total. The first-order valence-corrected chi connectivity index (χ1v) is 5.67. The first kappa shape index (κ1) is 11.7. The van der Waals surface area contributed by atoms with Crippen molar-refractivity contribution in [1.82, 2.24) is 25.5 Å². The van der Waals surface area contributed by atoms with Gasteiger partial charge in [0.1, 0.15) is 0 Å². The summed E-state index contributed by atoms with van der Waals surface area (Å²) in [5, 5.41) is 15.1. The molecule has 5 nitrogen and oxygen atoms in total. The van der Waals surface area contributed by atoms with Crippen molar-refractivity contribution in [2.75, 3.05) is 7.05 Å². The van der Waals surface area contributed by atoms with Crippen molar-refractivity contribution in [3.63, 3.8) is 0 Å². The molecule has 1 aromatic heterocycles. The number of aryl methyl sites for hydroxylation is 1. The van der Waals surface area contributed by atoms with Crippen LogP contribution in [0.4, 0.5) is 0 Å². The number of rotatable bonds is 3. The molecule has 17 heavy (non-hydrogen) atoms. The lowest BCUT2D eigenvalue weighted by molar-refractivity contribution is 0.588. The monoisotopic (exact) mass is 231 g/mol. The molecule has 0 saturated carbocycles. The number of benzene rings is 1. The van der Waals surface area contributed by atoms with E-state index in [1.165, 1.54) is 11.1 Å². The van der Waals surface area contributed by atoms with E-state index in [-0.39, 0.29) is 6.04 Å². The summed E-state index contributed by atoms with van der Waals surface area (Å²) in [6, 6.07) is 6.26. The standard InChI is InChI=1S/C12H17N5/c1-8-6-5-7-11(9(8)2)17-12(10(3)13-4)14-15-16-17/h5-7,10,13H,1-4H3. The van der Waals surface area contributed by atoms with Crippen molar-refractivity contribution in [3.8, 4) is 5.69 Å². The average Bonchev–Trinajstić information content (AvgIpc) is 2.80. The molecule has 0 amide bonds. The van der Waals surface area contributed by atoms with Gasteiger partial charge in [-0.1, -0.05) is 12.1 Å². The maximum atomic E-state index is 4.07. The van der Waals surface area contributed by atoms with E-state index >= 15 is 0 Å². The van der Waals surface area contributed by atoms with E-state index in [4.69, 9.17) is 0 Å². The SMILES string of the molecule is CNC(C)c1nnnn1-c1cccc(C)c1C. The molecule has 0 fully saturated rings. The van der Waals surface area contributed by atoms with Gasteiger partial charge < -0.3 is 5.32 Å². The Morgan fingerprint density at radius 1 is 1.29 bits per heavy atom. The van der Waals surface area contributed by atoms with Crippen molar-refractivity contribution >= 4 is 0 Å². The number of hydrogen-bond acceptors (Lipinski definition) is 4. The molecular weight excluding hydrogens is 214 g/mol. The zero-order valence-electron chi connectivity index (χ0n) is 10.6. The Morgan fingerprint density at radius 2 is 2.06 bits per heavy atom. The van der Waals surface area contributed by atoms with E-state index in [1.807, 2.05) is 26.1 Å². The van der Waals surface area contributed by atoms with Crippen LogP contribution in [0, 0.1) is 13.8 Å². The van der Waals surface area contributed by atoms with E-state index in [2.05, 4.69) is 40.8 Å². The van der Waals surface area contributed by atoms with Gasteiger partial charge in [-0.2, -0.15) is 4.68 Å². The van der Waals surface area contributed by atoms with Crippen LogP contribution in [0.25, 0.3) is 5.69 Å². The molecule has 0 aliphatic heterocycles. The summed E-state index contributed by atoms with van der Waals surface area (Å²) in [6.45, 7) is 6.21. The summed E-state index contributed by atoms with van der Waals surface area (Å²) in [7, 11) is 1.90. The molecule has 0 saturated heterocycles. The summed E-state index contributed by atoms with van der Waals surface area (Å²) in [4.78, 5) is 0. The number of hydrogen-bond donors (Lipinski definition) is 1. The first-order valence-electron chi connectivity index (χ1n) is 5.67. The highest BCUT2D eigenvalue weighted by Crippen LogP contribution is 2.19. The van der Waals surface area contributed by atoms with Gasteiger partial charge >= 0.3 is 0 Å². The smallest absolute Gasteiger partial charge is 0.173 e. The summed E-state index contributed by atoms with van der Waals surface area (Å²) >= 11 is 0. The summed E-state index contributed by atoms with van der Waals surface area (Å²) in [6.07, 6.45) is 0. The molecule has 0 radical (unpaired) electrons. The summed E-state index contributed by atoms with van der Waals surface area (Å²) in [5.41, 5.74) is 3.47. The maximum Gasteiger partial charge on any atom is 0.173 e. The van der Waals surface area contributed by atoms with Crippen molar-refractivity contribution in [3.05, 3.63) is 35.2 Å². The maximum absolute atomic E-state index is 4.07. The zero-order valence-corrected chi connectivity index (χ0v) is 10.6. The van der Waals surface area contributed by atoms with Gasteiger partial charge in [0.2, 0.25) is 0 Å². The lowest BCUT2D eigenvalue weighted by Gasteiger charge is -2.13. The molecule has 0 bridgehead atoms. The van der Waals surface area contributed by atoms with Crippen LogP contribution < -0.4 is 5.32 Å². The predicted molar refractivity (Wildman–Crippen MR) is 66.1 cm³/mol. The van der Waals surface area contributed by atoms with Gasteiger partial charge in [-0.05, 0) is 55.4 Å². The minimum Gasteiger partial charge on any atom is -0.311 e. The molecule has 2 aromatic rings. The normalized spacial score (nSPS) is 12.7. The number of aromatic nitrogens is 4. The molecule has 90 valence electrons. The van der Waals surface area contributed by atoms with Gasteiger partial charge in [-0.25, -0.2) is 0 Å². The van der Waals surface area contributed by atoms with Crippen LogP contribution >= 0.6 is 0 Å². The highest BCUT2D eigenvalue weighted by molar-refractivity contribution is 5.44. The van der Waals surface area contributed by atoms with Crippen LogP contribution in [0.2, 0.25) is 0 Å². The minimum atomic E-state index is 0.116. The van der Waals surface area contributed by atoms with Crippen LogP contribution in [0.3, 0.4) is 0 Å². The van der Waals surface area contributed by atoms with E-state index in [9.17, 15) is 0 Å². The van der Waals surface area contributed by atoms with Gasteiger partial charge in [0.05, 0.1) is 11.7 Å². The Morgan fingerprint density at radius 3 is 2.76 bits per heavy atom. The van der Waals surface area contributed by atoms with Crippen molar-refractivity contribution in [2.24, 2.45) is 0 Å². The van der Waals surface area contributed by atoms with Gasteiger partial charge in [-0.3, -0.25) is 0 Å². The fourth-order valence-electron chi connectivity index (χ4n) is 1.73. The van der Waals surface area contributed by atoms with E-state index in [0.717, 1.165) is 11.5 Å². The number of nitrogens with one attached hydrogen (secondary N) is 1. The van der Waals surface area contributed by atoms with Gasteiger partial charge in [0.25, 0.3) is 0 Å². The predicted octanol–water partition coefficient (Wildman–Crippen LogP) is 1.56. The average molecular weight is 231 g/mol. The van der Waals surface area contributed by atoms with Crippen LogP contribution in [0.5, 0.6) is 0 Å². The van der Waals surface area contributed by atoms with Gasteiger partial charge in [0, 0.05) is 0 Å². The molecular formula is C12H17N5. The molecule has 0 spiro atoms. The first-order chi connectivity index (χ1) is 8.15. The third-order valence-corrected chi connectivity index (χ3v) is 3.12. The number of tetrazole rings is 1. The highest BCUT2D eigenvalue weighted by Gasteiger charge is 2.15. The molecule has 1 unspecified atom stereocenters. The van der Waals surface area contributed by atoms with Crippen LogP contribution in [-0.4, -0.2) is 27.3 Å². The second-order valence-corrected chi connectivity index (χ2v) is 4.18. The lowest BCUT2D eigenvalue weighted by Crippen LogP contribution is -2.18. The molecule has 1 atom stereocenters.